The third-order valence-corrected chi connectivity index (χ3v) is 3.63. The number of hydrogen-bond acceptors (Lipinski definition) is 5. The molecule has 0 aliphatic carbocycles. The van der Waals surface area contributed by atoms with Gasteiger partial charge in [-0.15, -0.1) is 0 Å². The molecule has 0 aromatic carbocycles. The molecule has 1 rings (SSSR count). The third-order valence-electron chi connectivity index (χ3n) is 2.20. The van der Waals surface area contributed by atoms with Crippen molar-refractivity contribution < 1.29 is 13.2 Å². The summed E-state index contributed by atoms with van der Waals surface area (Å²) < 4.78 is 26.4. The van der Waals surface area contributed by atoms with Crippen molar-refractivity contribution in [3.8, 4) is 0 Å². The predicted octanol–water partition coefficient (Wildman–Crippen LogP) is -0.0722. The Morgan fingerprint density at radius 3 is 2.68 bits per heavy atom. The molecule has 106 valence electrons. The fourth-order valence-corrected chi connectivity index (χ4v) is 2.52. The minimum absolute atomic E-state index is 0.0288. The number of rotatable bonds is 7. The van der Waals surface area contributed by atoms with Gasteiger partial charge < -0.3 is 10.6 Å². The van der Waals surface area contributed by atoms with Crippen LogP contribution in [0.15, 0.2) is 23.2 Å². The van der Waals surface area contributed by atoms with Gasteiger partial charge in [0.2, 0.25) is 15.9 Å². The monoisotopic (exact) mass is 286 g/mol. The van der Waals surface area contributed by atoms with E-state index in [9.17, 15) is 13.2 Å². The molecule has 1 heterocycles. The average Bonchev–Trinajstić information content (AvgIpc) is 2.38. The van der Waals surface area contributed by atoms with Crippen LogP contribution < -0.4 is 15.4 Å². The minimum Gasteiger partial charge on any atom is -0.369 e. The van der Waals surface area contributed by atoms with Crippen molar-refractivity contribution in [3.05, 3.63) is 18.3 Å². The molecule has 0 aliphatic heterocycles. The average molecular weight is 286 g/mol. The van der Waals surface area contributed by atoms with Crippen LogP contribution in [-0.4, -0.2) is 38.9 Å². The molecule has 3 N–H and O–H groups in total. The number of carbonyl (C=O) groups is 1. The van der Waals surface area contributed by atoms with Gasteiger partial charge in [0.1, 0.15) is 10.7 Å². The molecule has 1 aromatic heterocycles. The first-order chi connectivity index (χ1) is 9.01. The molecule has 0 saturated carbocycles. The van der Waals surface area contributed by atoms with Crippen LogP contribution in [0.5, 0.6) is 0 Å². The summed E-state index contributed by atoms with van der Waals surface area (Å²) in [7, 11) is -3.76. The van der Waals surface area contributed by atoms with Gasteiger partial charge in [-0.1, -0.05) is 0 Å². The van der Waals surface area contributed by atoms with Crippen LogP contribution in [0.4, 0.5) is 5.82 Å². The lowest BCUT2D eigenvalue weighted by atomic mass is 10.4. The molecule has 8 heteroatoms. The molecule has 0 spiro atoms. The summed E-state index contributed by atoms with van der Waals surface area (Å²) in [6.07, 6.45) is 1.50. The van der Waals surface area contributed by atoms with Crippen LogP contribution >= 0.6 is 0 Å². The molecular formula is C11H18N4O3S. The molecule has 0 atom stereocenters. The fourth-order valence-electron chi connectivity index (χ4n) is 1.41. The number of aromatic nitrogens is 1. The highest BCUT2D eigenvalue weighted by molar-refractivity contribution is 7.89. The Morgan fingerprint density at radius 1 is 1.32 bits per heavy atom. The maximum Gasteiger partial charge on any atom is 0.244 e. The second-order valence-corrected chi connectivity index (χ2v) is 5.39. The summed E-state index contributed by atoms with van der Waals surface area (Å²) >= 11 is 0. The summed E-state index contributed by atoms with van der Waals surface area (Å²) in [5.74, 6) is -0.103. The molecule has 0 unspecified atom stereocenters. The highest BCUT2D eigenvalue weighted by Crippen LogP contribution is 2.17. The minimum atomic E-state index is -3.76. The van der Waals surface area contributed by atoms with Crippen LogP contribution in [0, 0.1) is 0 Å². The van der Waals surface area contributed by atoms with Crippen molar-refractivity contribution >= 4 is 21.7 Å². The van der Waals surface area contributed by atoms with E-state index >= 15 is 0 Å². The molecule has 0 radical (unpaired) electrons. The van der Waals surface area contributed by atoms with Gasteiger partial charge in [0, 0.05) is 19.3 Å². The zero-order valence-electron chi connectivity index (χ0n) is 10.9. The van der Waals surface area contributed by atoms with Crippen LogP contribution in [0.3, 0.4) is 0 Å². The van der Waals surface area contributed by atoms with Gasteiger partial charge >= 0.3 is 0 Å². The Hall–Kier alpha value is -1.67. The number of nitrogens with one attached hydrogen (secondary N) is 3. The second kappa shape index (κ2) is 7.05. The summed E-state index contributed by atoms with van der Waals surface area (Å²) in [4.78, 5) is 15.3. The zero-order chi connectivity index (χ0) is 14.3. The van der Waals surface area contributed by atoms with E-state index in [1.165, 1.54) is 18.3 Å². The van der Waals surface area contributed by atoms with E-state index in [1.54, 1.807) is 6.92 Å². The topological polar surface area (TPSA) is 100 Å². The maximum atomic E-state index is 12.1. The van der Waals surface area contributed by atoms with Gasteiger partial charge in [-0.25, -0.2) is 18.1 Å². The standard InChI is InChI=1S/C11H18N4O3S/c1-3-12-10(16)8-15-19(17,18)9-6-5-7-14-11(9)13-4-2/h5-7,15H,3-4,8H2,1-2H3,(H,12,16)(H,13,14). The largest absolute Gasteiger partial charge is 0.369 e. The third kappa shape index (κ3) is 4.49. The summed E-state index contributed by atoms with van der Waals surface area (Å²) in [6, 6.07) is 2.96. The van der Waals surface area contributed by atoms with E-state index in [2.05, 4.69) is 20.3 Å². The first kappa shape index (κ1) is 15.4. The molecule has 7 nitrogen and oxygen atoms in total. The van der Waals surface area contributed by atoms with E-state index in [-0.39, 0.29) is 23.2 Å². The fraction of sp³-hybridized carbons (Fsp3) is 0.455. The summed E-state index contributed by atoms with van der Waals surface area (Å²) in [5, 5.41) is 5.38. The molecule has 0 fully saturated rings. The number of nitrogens with zero attached hydrogens (tertiary/aromatic N) is 1. The Labute approximate surface area is 112 Å². The lowest BCUT2D eigenvalue weighted by Gasteiger charge is -2.10. The van der Waals surface area contributed by atoms with E-state index in [0.29, 0.717) is 13.1 Å². The number of anilines is 1. The smallest absolute Gasteiger partial charge is 0.244 e. The first-order valence-electron chi connectivity index (χ1n) is 5.96. The molecular weight excluding hydrogens is 268 g/mol. The lowest BCUT2D eigenvalue weighted by Crippen LogP contribution is -2.37. The SMILES string of the molecule is CCNC(=O)CNS(=O)(=O)c1cccnc1NCC. The Bertz CT molecular complexity index is 530. The van der Waals surface area contributed by atoms with Crippen LogP contribution in [0.25, 0.3) is 0 Å². The van der Waals surface area contributed by atoms with Gasteiger partial charge in [-0.3, -0.25) is 4.79 Å². The highest BCUT2D eigenvalue weighted by Gasteiger charge is 2.19. The lowest BCUT2D eigenvalue weighted by molar-refractivity contribution is -0.119. The van der Waals surface area contributed by atoms with Crippen molar-refractivity contribution in [1.82, 2.24) is 15.0 Å². The number of amides is 1. The van der Waals surface area contributed by atoms with Gasteiger partial charge in [0.05, 0.1) is 6.54 Å². The highest BCUT2D eigenvalue weighted by atomic mass is 32.2. The summed E-state index contributed by atoms with van der Waals surface area (Å²) in [6.45, 7) is 4.31. The van der Waals surface area contributed by atoms with E-state index in [4.69, 9.17) is 0 Å². The first-order valence-corrected chi connectivity index (χ1v) is 7.44. The van der Waals surface area contributed by atoms with E-state index in [1.807, 2.05) is 6.92 Å². The number of pyridine rings is 1. The van der Waals surface area contributed by atoms with E-state index in [0.717, 1.165) is 0 Å². The number of hydrogen-bond donors (Lipinski definition) is 3. The predicted molar refractivity (Wildman–Crippen MR) is 72.3 cm³/mol. The van der Waals surface area contributed by atoms with Crippen molar-refractivity contribution in [3.63, 3.8) is 0 Å². The summed E-state index contributed by atoms with van der Waals surface area (Å²) in [5.41, 5.74) is 0. The van der Waals surface area contributed by atoms with Crippen molar-refractivity contribution in [2.24, 2.45) is 0 Å². The number of sulfonamides is 1. The van der Waals surface area contributed by atoms with Crippen molar-refractivity contribution in [2.75, 3.05) is 25.0 Å². The maximum absolute atomic E-state index is 12.1. The normalized spacial score (nSPS) is 11.1. The Morgan fingerprint density at radius 2 is 2.05 bits per heavy atom. The van der Waals surface area contributed by atoms with Gasteiger partial charge in [0.25, 0.3) is 0 Å². The quantitative estimate of drug-likeness (QED) is 0.651. The Kier molecular flexibility index (Phi) is 5.71. The van der Waals surface area contributed by atoms with Gasteiger partial charge in [-0.05, 0) is 26.0 Å². The molecule has 0 aliphatic rings. The molecule has 19 heavy (non-hydrogen) atoms. The van der Waals surface area contributed by atoms with Crippen LogP contribution in [-0.2, 0) is 14.8 Å². The van der Waals surface area contributed by atoms with Crippen LogP contribution in [0.2, 0.25) is 0 Å². The van der Waals surface area contributed by atoms with Crippen molar-refractivity contribution in [1.29, 1.82) is 0 Å². The van der Waals surface area contributed by atoms with E-state index < -0.39 is 10.0 Å². The second-order valence-electron chi connectivity index (χ2n) is 3.66. The number of likely N-dealkylation sites (N-methyl/N-ethyl adjacent to an activating group) is 1. The molecule has 0 bridgehead atoms. The molecule has 1 aromatic rings. The Balaban J connectivity index is 2.85. The zero-order valence-corrected chi connectivity index (χ0v) is 11.8. The van der Waals surface area contributed by atoms with Gasteiger partial charge in [0.15, 0.2) is 0 Å². The number of carbonyl (C=O) groups excluding carboxylic acids is 1. The van der Waals surface area contributed by atoms with Crippen LogP contribution in [0.1, 0.15) is 13.8 Å². The molecule has 1 amide bonds. The van der Waals surface area contributed by atoms with Crippen molar-refractivity contribution in [2.45, 2.75) is 18.7 Å². The molecule has 0 saturated heterocycles. The van der Waals surface area contributed by atoms with Gasteiger partial charge in [-0.2, -0.15) is 0 Å².